The van der Waals surface area contributed by atoms with Crippen LogP contribution in [0, 0.1) is 0 Å². The molecule has 1 amide bonds. The molecular weight excluding hydrogens is 707 g/mol. The van der Waals surface area contributed by atoms with Crippen molar-refractivity contribution in [3.05, 3.63) is 48.6 Å². The average Bonchev–Trinajstić information content (AvgIpc) is 3.20. The second-order valence-corrected chi connectivity index (χ2v) is 15.8. The van der Waals surface area contributed by atoms with Gasteiger partial charge < -0.3 is 40.3 Å². The third kappa shape index (κ3) is 27.7. The van der Waals surface area contributed by atoms with E-state index in [0.29, 0.717) is 6.42 Å². The third-order valence-electron chi connectivity index (χ3n) is 10.6. The molecule has 9 nitrogen and oxygen atoms in total. The van der Waals surface area contributed by atoms with Crippen molar-refractivity contribution in [2.45, 2.75) is 230 Å². The van der Waals surface area contributed by atoms with Crippen molar-refractivity contribution < 1.29 is 39.8 Å². The molecule has 7 unspecified atom stereocenters. The van der Waals surface area contributed by atoms with E-state index in [1.165, 1.54) is 116 Å². The molecule has 0 aromatic heterocycles. The van der Waals surface area contributed by atoms with Gasteiger partial charge in [-0.05, 0) is 51.4 Å². The summed E-state index contributed by atoms with van der Waals surface area (Å²) in [5.74, 6) is -0.189. The van der Waals surface area contributed by atoms with Crippen LogP contribution >= 0.6 is 0 Å². The van der Waals surface area contributed by atoms with Crippen molar-refractivity contribution in [3.63, 3.8) is 0 Å². The Labute approximate surface area is 342 Å². The van der Waals surface area contributed by atoms with E-state index in [1.54, 1.807) is 6.08 Å². The molecule has 0 radical (unpaired) electrons. The second kappa shape index (κ2) is 37.4. The molecule has 56 heavy (non-hydrogen) atoms. The van der Waals surface area contributed by atoms with E-state index in [4.69, 9.17) is 9.47 Å². The molecule has 1 aliphatic rings. The first-order valence-electron chi connectivity index (χ1n) is 22.9. The Hall–Kier alpha value is -1.85. The highest BCUT2D eigenvalue weighted by Crippen LogP contribution is 2.22. The number of aliphatic hydroxyl groups excluding tert-OH is 5. The molecule has 326 valence electrons. The molecule has 0 spiro atoms. The van der Waals surface area contributed by atoms with Gasteiger partial charge >= 0.3 is 0 Å². The second-order valence-electron chi connectivity index (χ2n) is 15.8. The van der Waals surface area contributed by atoms with E-state index in [1.807, 2.05) is 6.08 Å². The van der Waals surface area contributed by atoms with Gasteiger partial charge in [0.2, 0.25) is 5.91 Å². The van der Waals surface area contributed by atoms with Crippen molar-refractivity contribution in [1.82, 2.24) is 5.32 Å². The highest BCUT2D eigenvalue weighted by Gasteiger charge is 2.44. The number of unbranched alkanes of at least 4 members (excludes halogenated alkanes) is 21. The Morgan fingerprint density at radius 2 is 1.07 bits per heavy atom. The van der Waals surface area contributed by atoms with Crippen molar-refractivity contribution in [2.75, 3.05) is 13.2 Å². The first-order valence-corrected chi connectivity index (χ1v) is 22.9. The van der Waals surface area contributed by atoms with E-state index in [9.17, 15) is 30.3 Å². The summed E-state index contributed by atoms with van der Waals surface area (Å²) in [6.45, 7) is 3.59. The summed E-state index contributed by atoms with van der Waals surface area (Å²) >= 11 is 0. The van der Waals surface area contributed by atoms with Crippen LogP contribution < -0.4 is 5.32 Å². The molecule has 6 N–H and O–H groups in total. The fraction of sp³-hybridized carbons (Fsp3) is 0.809. The lowest BCUT2D eigenvalue weighted by molar-refractivity contribution is -0.302. The van der Waals surface area contributed by atoms with Crippen LogP contribution in [0.2, 0.25) is 0 Å². The number of hydrogen-bond donors (Lipinski definition) is 6. The molecule has 0 saturated carbocycles. The van der Waals surface area contributed by atoms with Crippen LogP contribution in [0.15, 0.2) is 48.6 Å². The zero-order chi connectivity index (χ0) is 40.9. The Bertz CT molecular complexity index is 1010. The van der Waals surface area contributed by atoms with Crippen molar-refractivity contribution >= 4 is 5.91 Å². The van der Waals surface area contributed by atoms with Crippen molar-refractivity contribution in [2.24, 2.45) is 0 Å². The average molecular weight is 792 g/mol. The minimum atomic E-state index is -1.56. The Balaban J connectivity index is 2.07. The van der Waals surface area contributed by atoms with Gasteiger partial charge in [0.25, 0.3) is 0 Å². The van der Waals surface area contributed by atoms with E-state index in [0.717, 1.165) is 51.4 Å². The van der Waals surface area contributed by atoms with E-state index in [2.05, 4.69) is 55.6 Å². The Kier molecular flexibility index (Phi) is 34.9. The minimum Gasteiger partial charge on any atom is -0.394 e. The van der Waals surface area contributed by atoms with E-state index < -0.39 is 49.5 Å². The molecule has 0 bridgehead atoms. The lowest BCUT2D eigenvalue weighted by Crippen LogP contribution is -2.60. The predicted molar refractivity (Wildman–Crippen MR) is 230 cm³/mol. The van der Waals surface area contributed by atoms with Gasteiger partial charge in [-0.25, -0.2) is 0 Å². The van der Waals surface area contributed by atoms with Gasteiger partial charge in [-0.2, -0.15) is 0 Å². The maximum Gasteiger partial charge on any atom is 0.220 e. The topological polar surface area (TPSA) is 149 Å². The van der Waals surface area contributed by atoms with Crippen LogP contribution in [-0.2, 0) is 14.3 Å². The molecule has 1 heterocycles. The summed E-state index contributed by atoms with van der Waals surface area (Å²) in [6.07, 6.45) is 41.0. The van der Waals surface area contributed by atoms with Crippen LogP contribution in [-0.4, -0.2) is 87.5 Å². The zero-order valence-electron chi connectivity index (χ0n) is 35.6. The zero-order valence-corrected chi connectivity index (χ0v) is 35.6. The molecule has 1 fully saturated rings. The number of allylic oxidation sites excluding steroid dienone is 7. The monoisotopic (exact) mass is 792 g/mol. The van der Waals surface area contributed by atoms with Gasteiger partial charge in [0.15, 0.2) is 6.29 Å². The molecule has 1 rings (SSSR count). The summed E-state index contributed by atoms with van der Waals surface area (Å²) in [6, 6.07) is -0.801. The predicted octanol–water partition coefficient (Wildman–Crippen LogP) is 9.45. The number of carbonyl (C=O) groups excluding carboxylic acids is 1. The lowest BCUT2D eigenvalue weighted by Gasteiger charge is -2.40. The molecule has 9 heteroatoms. The summed E-state index contributed by atoms with van der Waals surface area (Å²) in [7, 11) is 0. The van der Waals surface area contributed by atoms with Gasteiger partial charge in [0.05, 0.1) is 25.4 Å². The number of ether oxygens (including phenoxy) is 2. The smallest absolute Gasteiger partial charge is 0.220 e. The largest absolute Gasteiger partial charge is 0.394 e. The fourth-order valence-corrected chi connectivity index (χ4v) is 6.91. The maximum absolute atomic E-state index is 12.8. The number of rotatable bonds is 37. The molecule has 0 aromatic carbocycles. The fourth-order valence-electron chi connectivity index (χ4n) is 6.91. The van der Waals surface area contributed by atoms with Gasteiger partial charge in [-0.1, -0.05) is 178 Å². The summed E-state index contributed by atoms with van der Waals surface area (Å²) in [5, 5.41) is 53.5. The number of nitrogens with one attached hydrogen (secondary N) is 1. The van der Waals surface area contributed by atoms with Gasteiger partial charge in [0.1, 0.15) is 24.4 Å². The van der Waals surface area contributed by atoms with Crippen LogP contribution in [0.25, 0.3) is 0 Å². The van der Waals surface area contributed by atoms with Crippen molar-refractivity contribution in [1.29, 1.82) is 0 Å². The third-order valence-corrected chi connectivity index (χ3v) is 10.6. The Morgan fingerprint density at radius 1 is 0.607 bits per heavy atom. The van der Waals surface area contributed by atoms with Gasteiger partial charge in [-0.15, -0.1) is 0 Å². The summed E-state index contributed by atoms with van der Waals surface area (Å²) in [5.41, 5.74) is 0. The van der Waals surface area contributed by atoms with Crippen LogP contribution in [0.3, 0.4) is 0 Å². The summed E-state index contributed by atoms with van der Waals surface area (Å²) in [4.78, 5) is 12.8. The van der Waals surface area contributed by atoms with E-state index >= 15 is 0 Å². The number of aliphatic hydroxyl groups is 5. The number of carbonyl (C=O) groups is 1. The van der Waals surface area contributed by atoms with Crippen LogP contribution in [0.4, 0.5) is 0 Å². The molecule has 0 aliphatic carbocycles. The molecule has 1 saturated heterocycles. The SMILES string of the molecule is CCCC/C=C/C(O)C(COC1OC(CO)C(O)C(O)C1O)NC(=O)CCCCCCCCCCCCCCCC/C=C\C/C=C\C/C=C\CCCCCCC. The number of amides is 1. The van der Waals surface area contributed by atoms with Gasteiger partial charge in [0, 0.05) is 6.42 Å². The minimum absolute atomic E-state index is 0.189. The standard InChI is InChI=1S/C47H85NO8/c1-3-5-7-9-10-11-12-13-14-15-16-17-18-19-20-21-22-23-24-25-26-27-28-29-30-31-32-33-35-37-43(51)48-40(41(50)36-34-8-6-4-2)39-55-47-46(54)45(53)44(52)42(38-49)56-47/h12-13,15-16,18-19,34,36,40-42,44-47,49-50,52-54H,3-11,14,17,20-33,35,37-39H2,1-2H3,(H,48,51)/b13-12-,16-15-,19-18-,36-34+. The van der Waals surface area contributed by atoms with Crippen molar-refractivity contribution in [3.8, 4) is 0 Å². The highest BCUT2D eigenvalue weighted by atomic mass is 16.7. The Morgan fingerprint density at radius 3 is 1.59 bits per heavy atom. The molecular formula is C47H85NO8. The quantitative estimate of drug-likeness (QED) is 0.0269. The number of hydrogen-bond acceptors (Lipinski definition) is 8. The molecule has 1 aliphatic heterocycles. The van der Waals surface area contributed by atoms with Crippen LogP contribution in [0.5, 0.6) is 0 Å². The van der Waals surface area contributed by atoms with E-state index in [-0.39, 0.29) is 12.5 Å². The summed E-state index contributed by atoms with van der Waals surface area (Å²) < 4.78 is 11.1. The lowest BCUT2D eigenvalue weighted by atomic mass is 9.99. The maximum atomic E-state index is 12.8. The van der Waals surface area contributed by atoms with Crippen LogP contribution in [0.1, 0.15) is 187 Å². The first-order chi connectivity index (χ1) is 27.3. The normalized spacial score (nSPS) is 21.6. The molecule has 7 atom stereocenters. The molecule has 0 aromatic rings. The highest BCUT2D eigenvalue weighted by molar-refractivity contribution is 5.76. The first kappa shape index (κ1) is 52.2. The van der Waals surface area contributed by atoms with Gasteiger partial charge in [-0.3, -0.25) is 4.79 Å².